The van der Waals surface area contributed by atoms with Crippen LogP contribution < -0.4 is 4.74 Å². The molecule has 0 N–H and O–H groups in total. The van der Waals surface area contributed by atoms with Crippen molar-refractivity contribution in [3.63, 3.8) is 0 Å². The summed E-state index contributed by atoms with van der Waals surface area (Å²) in [6.45, 7) is 5.69. The van der Waals surface area contributed by atoms with Gasteiger partial charge in [-0.15, -0.1) is 0 Å². The standard InChI is InChI=1S/C18H25N3O4/c1-24-16-4-2-15(3-5-16)17(22)14-19-6-8-20(9-7-19)18(23)21-10-12-25-13-11-21/h2-5H,6-14H2,1H3. The molecular weight excluding hydrogens is 322 g/mol. The zero-order valence-electron chi connectivity index (χ0n) is 14.6. The average Bonchev–Trinajstić information content (AvgIpc) is 2.68. The van der Waals surface area contributed by atoms with E-state index in [9.17, 15) is 9.59 Å². The van der Waals surface area contributed by atoms with Gasteiger partial charge in [0.2, 0.25) is 0 Å². The van der Waals surface area contributed by atoms with Crippen molar-refractivity contribution in [2.45, 2.75) is 0 Å². The number of ether oxygens (including phenoxy) is 2. The first-order chi connectivity index (χ1) is 12.2. The second-order valence-corrected chi connectivity index (χ2v) is 6.30. The molecule has 2 fully saturated rings. The van der Waals surface area contributed by atoms with Crippen molar-refractivity contribution in [1.82, 2.24) is 14.7 Å². The minimum atomic E-state index is 0.0874. The summed E-state index contributed by atoms with van der Waals surface area (Å²) in [6, 6.07) is 7.27. The van der Waals surface area contributed by atoms with Gasteiger partial charge in [0.1, 0.15) is 5.75 Å². The molecule has 1 aromatic rings. The van der Waals surface area contributed by atoms with E-state index in [0.29, 0.717) is 51.5 Å². The van der Waals surface area contributed by atoms with E-state index in [1.54, 1.807) is 31.4 Å². The first-order valence-electron chi connectivity index (χ1n) is 8.68. The molecular formula is C18H25N3O4. The Morgan fingerprint density at radius 3 is 2.16 bits per heavy atom. The molecule has 0 aromatic heterocycles. The fourth-order valence-corrected chi connectivity index (χ4v) is 3.12. The topological polar surface area (TPSA) is 62.3 Å². The summed E-state index contributed by atoms with van der Waals surface area (Å²) in [4.78, 5) is 30.7. The van der Waals surface area contributed by atoms with Gasteiger partial charge in [0, 0.05) is 44.8 Å². The van der Waals surface area contributed by atoms with E-state index in [4.69, 9.17) is 9.47 Å². The van der Waals surface area contributed by atoms with E-state index in [-0.39, 0.29) is 11.8 Å². The summed E-state index contributed by atoms with van der Waals surface area (Å²) in [7, 11) is 1.61. The highest BCUT2D eigenvalue weighted by Crippen LogP contribution is 2.13. The number of hydrogen-bond donors (Lipinski definition) is 0. The summed E-state index contributed by atoms with van der Waals surface area (Å²) in [5.74, 6) is 0.836. The van der Waals surface area contributed by atoms with Crippen LogP contribution in [0.2, 0.25) is 0 Å². The number of carbonyl (C=O) groups is 2. The fraction of sp³-hybridized carbons (Fsp3) is 0.556. The highest BCUT2D eigenvalue weighted by molar-refractivity contribution is 5.97. The van der Waals surface area contributed by atoms with E-state index in [1.807, 2.05) is 9.80 Å². The number of morpholine rings is 1. The molecule has 3 rings (SSSR count). The van der Waals surface area contributed by atoms with Gasteiger partial charge >= 0.3 is 6.03 Å². The van der Waals surface area contributed by atoms with Gasteiger partial charge in [-0.05, 0) is 24.3 Å². The monoisotopic (exact) mass is 347 g/mol. The van der Waals surface area contributed by atoms with Crippen LogP contribution in [0.5, 0.6) is 5.75 Å². The molecule has 2 aliphatic heterocycles. The lowest BCUT2D eigenvalue weighted by Crippen LogP contribution is -2.55. The normalized spacial score (nSPS) is 18.9. The molecule has 7 nitrogen and oxygen atoms in total. The summed E-state index contributed by atoms with van der Waals surface area (Å²) in [6.07, 6.45) is 0. The van der Waals surface area contributed by atoms with Gasteiger partial charge in [-0.25, -0.2) is 4.79 Å². The molecule has 2 amide bonds. The van der Waals surface area contributed by atoms with Gasteiger partial charge in [0.05, 0.1) is 26.9 Å². The van der Waals surface area contributed by atoms with Crippen LogP contribution in [0.4, 0.5) is 4.79 Å². The average molecular weight is 347 g/mol. The van der Waals surface area contributed by atoms with Crippen molar-refractivity contribution < 1.29 is 19.1 Å². The lowest BCUT2D eigenvalue weighted by atomic mass is 10.1. The van der Waals surface area contributed by atoms with Crippen LogP contribution in [0.25, 0.3) is 0 Å². The number of methoxy groups -OCH3 is 1. The number of benzene rings is 1. The van der Waals surface area contributed by atoms with Crippen LogP contribution in [0.1, 0.15) is 10.4 Å². The number of rotatable bonds is 4. The van der Waals surface area contributed by atoms with E-state index in [1.165, 1.54) is 0 Å². The Kier molecular flexibility index (Phi) is 5.88. The smallest absolute Gasteiger partial charge is 0.320 e. The summed E-state index contributed by atoms with van der Waals surface area (Å²) >= 11 is 0. The number of ketones is 1. The van der Waals surface area contributed by atoms with E-state index >= 15 is 0 Å². The van der Waals surface area contributed by atoms with Gasteiger partial charge in [0.25, 0.3) is 0 Å². The number of urea groups is 1. The maximum atomic E-state index is 12.5. The van der Waals surface area contributed by atoms with Crippen molar-refractivity contribution in [3.8, 4) is 5.75 Å². The van der Waals surface area contributed by atoms with Gasteiger partial charge in [0.15, 0.2) is 5.78 Å². The predicted molar refractivity (Wildman–Crippen MR) is 93.1 cm³/mol. The zero-order chi connectivity index (χ0) is 17.6. The lowest BCUT2D eigenvalue weighted by Gasteiger charge is -2.38. The second-order valence-electron chi connectivity index (χ2n) is 6.30. The fourth-order valence-electron chi connectivity index (χ4n) is 3.12. The molecule has 0 atom stereocenters. The summed E-state index contributed by atoms with van der Waals surface area (Å²) < 4.78 is 10.4. The number of carbonyl (C=O) groups excluding carboxylic acids is 2. The van der Waals surface area contributed by atoms with Gasteiger partial charge < -0.3 is 19.3 Å². The molecule has 2 aliphatic rings. The molecule has 0 bridgehead atoms. The molecule has 2 saturated heterocycles. The third kappa shape index (κ3) is 4.49. The van der Waals surface area contributed by atoms with Crippen molar-refractivity contribution in [2.75, 3.05) is 66.1 Å². The number of hydrogen-bond acceptors (Lipinski definition) is 5. The first kappa shape index (κ1) is 17.7. The molecule has 1 aromatic carbocycles. The molecule has 0 radical (unpaired) electrons. The van der Waals surface area contributed by atoms with E-state index < -0.39 is 0 Å². The molecule has 0 spiro atoms. The van der Waals surface area contributed by atoms with E-state index in [2.05, 4.69) is 4.90 Å². The molecule has 0 saturated carbocycles. The van der Waals surface area contributed by atoms with Gasteiger partial charge in [-0.1, -0.05) is 0 Å². The Balaban J connectivity index is 1.46. The third-order valence-electron chi connectivity index (χ3n) is 4.70. The minimum Gasteiger partial charge on any atom is -0.497 e. The second kappa shape index (κ2) is 8.31. The Hall–Kier alpha value is -2.12. The van der Waals surface area contributed by atoms with E-state index in [0.717, 1.165) is 18.8 Å². The molecule has 2 heterocycles. The van der Waals surface area contributed by atoms with Crippen LogP contribution in [0, 0.1) is 0 Å². The molecule has 25 heavy (non-hydrogen) atoms. The highest BCUT2D eigenvalue weighted by Gasteiger charge is 2.27. The lowest BCUT2D eigenvalue weighted by molar-refractivity contribution is 0.0376. The molecule has 136 valence electrons. The minimum absolute atomic E-state index is 0.0874. The molecule has 7 heteroatoms. The highest BCUT2D eigenvalue weighted by atomic mass is 16.5. The Morgan fingerprint density at radius 1 is 0.960 bits per heavy atom. The van der Waals surface area contributed by atoms with Crippen molar-refractivity contribution in [1.29, 1.82) is 0 Å². The number of Topliss-reactive ketones (excluding diaryl/α,β-unsaturated/α-hetero) is 1. The third-order valence-corrected chi connectivity index (χ3v) is 4.70. The van der Waals surface area contributed by atoms with Crippen LogP contribution in [0.15, 0.2) is 24.3 Å². The Labute approximate surface area is 148 Å². The maximum absolute atomic E-state index is 12.5. The summed E-state index contributed by atoms with van der Waals surface area (Å²) in [5, 5.41) is 0. The van der Waals surface area contributed by atoms with Crippen LogP contribution in [-0.2, 0) is 4.74 Å². The molecule has 0 aliphatic carbocycles. The number of amides is 2. The van der Waals surface area contributed by atoms with Crippen molar-refractivity contribution >= 4 is 11.8 Å². The maximum Gasteiger partial charge on any atom is 0.320 e. The summed E-state index contributed by atoms with van der Waals surface area (Å²) in [5.41, 5.74) is 0.688. The Bertz CT molecular complexity index is 591. The number of piperazine rings is 1. The van der Waals surface area contributed by atoms with Crippen molar-refractivity contribution in [2.24, 2.45) is 0 Å². The zero-order valence-corrected chi connectivity index (χ0v) is 14.6. The van der Waals surface area contributed by atoms with Crippen LogP contribution in [-0.4, -0.2) is 92.7 Å². The van der Waals surface area contributed by atoms with Gasteiger partial charge in [-0.2, -0.15) is 0 Å². The SMILES string of the molecule is COc1ccc(C(=O)CN2CCN(C(=O)N3CCOCC3)CC2)cc1. The quantitative estimate of drug-likeness (QED) is 0.759. The Morgan fingerprint density at radius 2 is 1.56 bits per heavy atom. The molecule has 0 unspecified atom stereocenters. The van der Waals surface area contributed by atoms with Crippen LogP contribution in [0.3, 0.4) is 0 Å². The number of nitrogens with zero attached hydrogens (tertiary/aromatic N) is 3. The first-order valence-corrected chi connectivity index (χ1v) is 8.68. The largest absolute Gasteiger partial charge is 0.497 e. The van der Waals surface area contributed by atoms with Crippen molar-refractivity contribution in [3.05, 3.63) is 29.8 Å². The predicted octanol–water partition coefficient (Wildman–Crippen LogP) is 0.948. The van der Waals surface area contributed by atoms with Crippen LogP contribution >= 0.6 is 0 Å². The van der Waals surface area contributed by atoms with Gasteiger partial charge in [-0.3, -0.25) is 9.69 Å².